The van der Waals surface area contributed by atoms with Crippen molar-refractivity contribution in [2.45, 2.75) is 25.5 Å². The molecule has 1 amide bonds. The summed E-state index contributed by atoms with van der Waals surface area (Å²) < 4.78 is 11.1. The molecule has 3 heterocycles. The van der Waals surface area contributed by atoms with Crippen molar-refractivity contribution in [3.63, 3.8) is 0 Å². The van der Waals surface area contributed by atoms with Gasteiger partial charge in [0.25, 0.3) is 0 Å². The van der Waals surface area contributed by atoms with Gasteiger partial charge < -0.3 is 14.4 Å². The van der Waals surface area contributed by atoms with Crippen molar-refractivity contribution in [1.29, 1.82) is 0 Å². The number of nitrogens with zero attached hydrogens (tertiary/aromatic N) is 2. The molecule has 2 fully saturated rings. The molecule has 0 bridgehead atoms. The van der Waals surface area contributed by atoms with E-state index in [1.807, 2.05) is 4.90 Å². The lowest BCUT2D eigenvalue weighted by Gasteiger charge is -2.30. The van der Waals surface area contributed by atoms with Gasteiger partial charge in [-0.3, -0.25) is 9.69 Å². The molecule has 1 atom stereocenters. The molecule has 1 aromatic rings. The Morgan fingerprint density at radius 1 is 1.36 bits per heavy atom. The lowest BCUT2D eigenvalue weighted by atomic mass is 10.2. The molecule has 0 spiro atoms. The van der Waals surface area contributed by atoms with Gasteiger partial charge in [-0.05, 0) is 24.3 Å². The van der Waals surface area contributed by atoms with Crippen molar-refractivity contribution in [3.8, 4) is 0 Å². The first-order chi connectivity index (χ1) is 10.8. The molecule has 6 heteroatoms. The predicted octanol–water partition coefficient (Wildman–Crippen LogP) is 1.59. The standard InChI is InChI=1S/C16H24N2O3S/c19-16(18-5-8-20-9-6-18)13-17(11-14-3-1-7-21-14)12-15-4-2-10-22-15/h2,4,10,14H,1,3,5-9,11-13H2. The molecule has 0 radical (unpaired) electrons. The summed E-state index contributed by atoms with van der Waals surface area (Å²) in [5, 5.41) is 2.09. The molecule has 2 aliphatic rings. The second-order valence-electron chi connectivity index (χ2n) is 5.88. The van der Waals surface area contributed by atoms with Gasteiger partial charge in [-0.15, -0.1) is 11.3 Å². The van der Waals surface area contributed by atoms with Gasteiger partial charge in [0.1, 0.15) is 0 Å². The van der Waals surface area contributed by atoms with Crippen LogP contribution >= 0.6 is 11.3 Å². The first kappa shape index (κ1) is 15.9. The van der Waals surface area contributed by atoms with E-state index in [0.717, 1.165) is 32.5 Å². The molecule has 122 valence electrons. The van der Waals surface area contributed by atoms with E-state index in [1.54, 1.807) is 11.3 Å². The zero-order valence-corrected chi connectivity index (χ0v) is 13.7. The summed E-state index contributed by atoms with van der Waals surface area (Å²) in [6.45, 7) is 5.73. The molecule has 0 N–H and O–H groups in total. The zero-order chi connectivity index (χ0) is 15.2. The van der Waals surface area contributed by atoms with Gasteiger partial charge in [0, 0.05) is 37.7 Å². The highest BCUT2D eigenvalue weighted by Crippen LogP contribution is 2.17. The molecule has 0 aliphatic carbocycles. The minimum Gasteiger partial charge on any atom is -0.378 e. The van der Waals surface area contributed by atoms with Gasteiger partial charge in [0.15, 0.2) is 0 Å². The molecule has 1 aromatic heterocycles. The maximum Gasteiger partial charge on any atom is 0.236 e. The van der Waals surface area contributed by atoms with Gasteiger partial charge in [0.05, 0.1) is 25.9 Å². The molecular weight excluding hydrogens is 300 g/mol. The molecular formula is C16H24N2O3S. The van der Waals surface area contributed by atoms with E-state index in [4.69, 9.17) is 9.47 Å². The summed E-state index contributed by atoms with van der Waals surface area (Å²) in [7, 11) is 0. The van der Waals surface area contributed by atoms with E-state index >= 15 is 0 Å². The van der Waals surface area contributed by atoms with E-state index in [1.165, 1.54) is 4.88 Å². The van der Waals surface area contributed by atoms with Gasteiger partial charge in [-0.1, -0.05) is 6.07 Å². The van der Waals surface area contributed by atoms with E-state index in [0.29, 0.717) is 32.8 Å². The first-order valence-corrected chi connectivity index (χ1v) is 8.91. The highest BCUT2D eigenvalue weighted by Gasteiger charge is 2.24. The van der Waals surface area contributed by atoms with Gasteiger partial charge in [-0.25, -0.2) is 0 Å². The Balaban J connectivity index is 1.57. The van der Waals surface area contributed by atoms with Crippen LogP contribution in [0.4, 0.5) is 0 Å². The molecule has 3 rings (SSSR count). The van der Waals surface area contributed by atoms with Crippen LogP contribution in [0.5, 0.6) is 0 Å². The number of hydrogen-bond acceptors (Lipinski definition) is 5. The Kier molecular flexibility index (Phi) is 5.83. The fourth-order valence-corrected chi connectivity index (χ4v) is 3.73. The maximum atomic E-state index is 12.5. The average molecular weight is 324 g/mol. The number of carbonyl (C=O) groups is 1. The van der Waals surface area contributed by atoms with Crippen LogP contribution in [0.2, 0.25) is 0 Å². The molecule has 22 heavy (non-hydrogen) atoms. The second-order valence-corrected chi connectivity index (χ2v) is 6.91. The molecule has 2 aliphatic heterocycles. The van der Waals surface area contributed by atoms with E-state index in [-0.39, 0.29) is 12.0 Å². The third-order valence-electron chi connectivity index (χ3n) is 4.17. The van der Waals surface area contributed by atoms with Crippen LogP contribution in [0.1, 0.15) is 17.7 Å². The second kappa shape index (κ2) is 8.06. The number of rotatable bonds is 6. The SMILES string of the molecule is O=C(CN(Cc1cccs1)CC1CCCO1)N1CCOCC1. The Hall–Kier alpha value is -0.950. The number of hydrogen-bond donors (Lipinski definition) is 0. The topological polar surface area (TPSA) is 42.0 Å². The van der Waals surface area contributed by atoms with Crippen LogP contribution in [0, 0.1) is 0 Å². The van der Waals surface area contributed by atoms with Crippen LogP contribution in [-0.4, -0.2) is 67.8 Å². The molecule has 0 aromatic carbocycles. The Morgan fingerprint density at radius 2 is 2.23 bits per heavy atom. The maximum absolute atomic E-state index is 12.5. The third kappa shape index (κ3) is 4.52. The highest BCUT2D eigenvalue weighted by molar-refractivity contribution is 7.09. The van der Waals surface area contributed by atoms with Crippen LogP contribution in [0.25, 0.3) is 0 Å². The van der Waals surface area contributed by atoms with Crippen molar-refractivity contribution < 1.29 is 14.3 Å². The predicted molar refractivity (Wildman–Crippen MR) is 86.0 cm³/mol. The summed E-state index contributed by atoms with van der Waals surface area (Å²) >= 11 is 1.74. The van der Waals surface area contributed by atoms with E-state index in [9.17, 15) is 4.79 Å². The summed E-state index contributed by atoms with van der Waals surface area (Å²) in [6, 6.07) is 4.19. The largest absolute Gasteiger partial charge is 0.378 e. The van der Waals surface area contributed by atoms with Gasteiger partial charge in [0.2, 0.25) is 5.91 Å². The smallest absolute Gasteiger partial charge is 0.236 e. The summed E-state index contributed by atoms with van der Waals surface area (Å²) in [4.78, 5) is 18.0. The number of carbonyl (C=O) groups excluding carboxylic acids is 1. The number of morpholine rings is 1. The lowest BCUT2D eigenvalue weighted by Crippen LogP contribution is -2.46. The van der Waals surface area contributed by atoms with Crippen LogP contribution < -0.4 is 0 Å². The first-order valence-electron chi connectivity index (χ1n) is 8.03. The van der Waals surface area contributed by atoms with Gasteiger partial charge >= 0.3 is 0 Å². The Labute approximate surface area is 135 Å². The third-order valence-corrected chi connectivity index (χ3v) is 5.03. The quantitative estimate of drug-likeness (QED) is 0.797. The van der Waals surface area contributed by atoms with Crippen LogP contribution in [0.15, 0.2) is 17.5 Å². The Morgan fingerprint density at radius 3 is 2.91 bits per heavy atom. The highest BCUT2D eigenvalue weighted by atomic mass is 32.1. The normalized spacial score (nSPS) is 22.4. The number of thiophene rings is 1. The number of ether oxygens (including phenoxy) is 2. The fraction of sp³-hybridized carbons (Fsp3) is 0.688. The number of amides is 1. The fourth-order valence-electron chi connectivity index (χ4n) is 2.99. The summed E-state index contributed by atoms with van der Waals surface area (Å²) in [6.07, 6.45) is 2.51. The van der Waals surface area contributed by atoms with E-state index < -0.39 is 0 Å². The zero-order valence-electron chi connectivity index (χ0n) is 12.9. The van der Waals surface area contributed by atoms with Crippen LogP contribution in [0.3, 0.4) is 0 Å². The van der Waals surface area contributed by atoms with Crippen molar-refractivity contribution in [2.75, 3.05) is 46.0 Å². The summed E-state index contributed by atoms with van der Waals surface area (Å²) in [5.41, 5.74) is 0. The lowest BCUT2D eigenvalue weighted by molar-refractivity contribution is -0.137. The molecule has 2 saturated heterocycles. The minimum absolute atomic E-state index is 0.206. The van der Waals surface area contributed by atoms with Crippen molar-refractivity contribution >= 4 is 17.2 Å². The average Bonchev–Trinajstić information content (AvgIpc) is 3.22. The molecule has 1 unspecified atom stereocenters. The summed E-state index contributed by atoms with van der Waals surface area (Å²) in [5.74, 6) is 0.206. The van der Waals surface area contributed by atoms with Crippen LogP contribution in [-0.2, 0) is 20.8 Å². The van der Waals surface area contributed by atoms with Crippen molar-refractivity contribution in [2.24, 2.45) is 0 Å². The van der Waals surface area contributed by atoms with E-state index in [2.05, 4.69) is 22.4 Å². The van der Waals surface area contributed by atoms with Crippen molar-refractivity contribution in [3.05, 3.63) is 22.4 Å². The molecule has 5 nitrogen and oxygen atoms in total. The molecule has 0 saturated carbocycles. The van der Waals surface area contributed by atoms with Gasteiger partial charge in [-0.2, -0.15) is 0 Å². The minimum atomic E-state index is 0.206. The monoisotopic (exact) mass is 324 g/mol. The van der Waals surface area contributed by atoms with Crippen molar-refractivity contribution in [1.82, 2.24) is 9.80 Å². The Bertz CT molecular complexity index is 454.